The number of carbonyl (C=O) groups is 2. The zero-order valence-corrected chi connectivity index (χ0v) is 13.1. The number of rotatable bonds is 4. The molecule has 0 aliphatic rings. The van der Waals surface area contributed by atoms with E-state index in [1.165, 1.54) is 0 Å². The Kier molecular flexibility index (Phi) is 5.10. The van der Waals surface area contributed by atoms with Gasteiger partial charge in [-0.1, -0.05) is 11.8 Å². The van der Waals surface area contributed by atoms with E-state index in [1.54, 1.807) is 13.8 Å². The topological polar surface area (TPSA) is 92.2 Å². The van der Waals surface area contributed by atoms with Crippen molar-refractivity contribution < 1.29 is 14.7 Å². The highest BCUT2D eigenvalue weighted by Crippen LogP contribution is 2.22. The average Bonchev–Trinajstić information content (AvgIpc) is 2.22. The van der Waals surface area contributed by atoms with E-state index < -0.39 is 5.97 Å². The zero-order chi connectivity index (χ0) is 15.5. The number of carboxylic acid groups (broad SMARTS) is 1. The molecule has 1 rings (SSSR count). The van der Waals surface area contributed by atoms with Gasteiger partial charge in [0, 0.05) is 5.54 Å². The summed E-state index contributed by atoms with van der Waals surface area (Å²) >= 11 is 1.11. The third-order valence-electron chi connectivity index (χ3n) is 2.24. The first kappa shape index (κ1) is 16.4. The smallest absolute Gasteiger partial charge is 0.340 e. The highest BCUT2D eigenvalue weighted by Gasteiger charge is 2.19. The van der Waals surface area contributed by atoms with Gasteiger partial charge >= 0.3 is 5.97 Å². The maximum absolute atomic E-state index is 11.8. The summed E-state index contributed by atoms with van der Waals surface area (Å²) < 4.78 is 0. The summed E-state index contributed by atoms with van der Waals surface area (Å²) in [5.74, 6) is -0.631. The Labute approximate surface area is 122 Å². The Morgan fingerprint density at radius 1 is 1.25 bits per heavy atom. The molecule has 0 saturated heterocycles. The van der Waals surface area contributed by atoms with Crippen molar-refractivity contribution in [2.24, 2.45) is 0 Å². The molecule has 1 heterocycles. The number of hydrogen-bond donors (Lipinski definition) is 2. The summed E-state index contributed by atoms with van der Waals surface area (Å²) in [4.78, 5) is 31.1. The fourth-order valence-electron chi connectivity index (χ4n) is 1.62. The number of aromatic carboxylic acids is 1. The van der Waals surface area contributed by atoms with Crippen molar-refractivity contribution in [1.29, 1.82) is 0 Å². The van der Waals surface area contributed by atoms with Crippen molar-refractivity contribution in [3.05, 3.63) is 17.1 Å². The molecule has 7 heteroatoms. The molecule has 0 aromatic carbocycles. The Morgan fingerprint density at radius 2 is 1.85 bits per heavy atom. The molecule has 0 aliphatic heterocycles. The molecule has 0 saturated carbocycles. The van der Waals surface area contributed by atoms with E-state index in [0.29, 0.717) is 16.5 Å². The van der Waals surface area contributed by atoms with Gasteiger partial charge in [0.1, 0.15) is 16.4 Å². The van der Waals surface area contributed by atoms with Crippen LogP contribution in [-0.2, 0) is 4.79 Å². The van der Waals surface area contributed by atoms with E-state index in [1.807, 2.05) is 20.8 Å². The molecule has 1 aromatic heterocycles. The van der Waals surface area contributed by atoms with E-state index in [2.05, 4.69) is 15.3 Å². The molecule has 1 amide bonds. The Balaban J connectivity index is 2.88. The predicted molar refractivity (Wildman–Crippen MR) is 77.1 cm³/mol. The lowest BCUT2D eigenvalue weighted by Crippen LogP contribution is -2.41. The number of nitrogens with zero attached hydrogens (tertiary/aromatic N) is 2. The molecule has 0 bridgehead atoms. The summed E-state index contributed by atoms with van der Waals surface area (Å²) in [5.41, 5.74) is 0.151. The SMILES string of the molecule is Cc1nc(C)c(C(=O)O)c(SCC(=O)NC(C)(C)C)n1. The molecule has 0 fully saturated rings. The number of thioether (sulfide) groups is 1. The highest BCUT2D eigenvalue weighted by molar-refractivity contribution is 8.00. The van der Waals surface area contributed by atoms with E-state index in [4.69, 9.17) is 0 Å². The van der Waals surface area contributed by atoms with Crippen LogP contribution in [0.25, 0.3) is 0 Å². The van der Waals surface area contributed by atoms with Crippen molar-refractivity contribution >= 4 is 23.6 Å². The molecule has 0 radical (unpaired) electrons. The van der Waals surface area contributed by atoms with Crippen molar-refractivity contribution in [3.63, 3.8) is 0 Å². The van der Waals surface area contributed by atoms with Crippen LogP contribution in [0.1, 0.15) is 42.6 Å². The standard InChI is InChI=1S/C13H19N3O3S/c1-7-10(12(18)19)11(15-8(2)14-7)20-6-9(17)16-13(3,4)5/h6H2,1-5H3,(H,16,17)(H,18,19). The molecule has 6 nitrogen and oxygen atoms in total. The average molecular weight is 297 g/mol. The lowest BCUT2D eigenvalue weighted by molar-refractivity contribution is -0.119. The van der Waals surface area contributed by atoms with E-state index in [0.717, 1.165) is 11.8 Å². The second kappa shape index (κ2) is 6.21. The van der Waals surface area contributed by atoms with Gasteiger partial charge in [-0.3, -0.25) is 4.79 Å². The molecular weight excluding hydrogens is 278 g/mol. The fourth-order valence-corrected chi connectivity index (χ4v) is 2.54. The minimum atomic E-state index is -1.08. The van der Waals surface area contributed by atoms with Gasteiger partial charge in [0.25, 0.3) is 0 Å². The van der Waals surface area contributed by atoms with Crippen LogP contribution in [0.15, 0.2) is 5.03 Å². The van der Waals surface area contributed by atoms with Gasteiger partial charge in [-0.25, -0.2) is 14.8 Å². The summed E-state index contributed by atoms with van der Waals surface area (Å²) in [7, 11) is 0. The van der Waals surface area contributed by atoms with Crippen LogP contribution in [0.2, 0.25) is 0 Å². The Morgan fingerprint density at radius 3 is 2.35 bits per heavy atom. The van der Waals surface area contributed by atoms with Gasteiger partial charge in [0.05, 0.1) is 11.4 Å². The number of carbonyl (C=O) groups excluding carboxylic acids is 1. The van der Waals surface area contributed by atoms with Gasteiger partial charge in [0.2, 0.25) is 5.91 Å². The first-order chi connectivity index (χ1) is 9.10. The van der Waals surface area contributed by atoms with Gasteiger partial charge in [0.15, 0.2) is 0 Å². The van der Waals surface area contributed by atoms with Crippen molar-refractivity contribution in [2.45, 2.75) is 45.2 Å². The zero-order valence-electron chi connectivity index (χ0n) is 12.3. The second-order valence-corrected chi connectivity index (χ2v) is 6.39. The van der Waals surface area contributed by atoms with Crippen LogP contribution >= 0.6 is 11.8 Å². The number of amides is 1. The van der Waals surface area contributed by atoms with Crippen molar-refractivity contribution in [1.82, 2.24) is 15.3 Å². The molecule has 110 valence electrons. The van der Waals surface area contributed by atoms with Gasteiger partial charge in [-0.15, -0.1) is 0 Å². The molecule has 0 spiro atoms. The van der Waals surface area contributed by atoms with Crippen LogP contribution in [0.4, 0.5) is 0 Å². The maximum atomic E-state index is 11.8. The summed E-state index contributed by atoms with van der Waals surface area (Å²) in [6.45, 7) is 8.97. The van der Waals surface area contributed by atoms with Crippen molar-refractivity contribution in [3.8, 4) is 0 Å². The van der Waals surface area contributed by atoms with Gasteiger partial charge in [-0.05, 0) is 34.6 Å². The number of hydrogen-bond acceptors (Lipinski definition) is 5. The molecule has 0 aliphatic carbocycles. The number of nitrogens with one attached hydrogen (secondary N) is 1. The predicted octanol–water partition coefficient (Wildman–Crippen LogP) is 1.80. The Hall–Kier alpha value is -1.63. The third kappa shape index (κ3) is 4.80. The molecule has 20 heavy (non-hydrogen) atoms. The number of aromatic nitrogens is 2. The van der Waals surface area contributed by atoms with Crippen molar-refractivity contribution in [2.75, 3.05) is 5.75 Å². The minimum absolute atomic E-state index is 0.0594. The van der Waals surface area contributed by atoms with Crippen LogP contribution < -0.4 is 5.32 Å². The highest BCUT2D eigenvalue weighted by atomic mass is 32.2. The lowest BCUT2D eigenvalue weighted by Gasteiger charge is -2.20. The van der Waals surface area contributed by atoms with E-state index >= 15 is 0 Å². The maximum Gasteiger partial charge on any atom is 0.340 e. The molecule has 0 unspecified atom stereocenters. The van der Waals surface area contributed by atoms with Gasteiger partial charge < -0.3 is 10.4 Å². The normalized spacial score (nSPS) is 11.2. The molecular formula is C13H19N3O3S. The number of carboxylic acids is 1. The largest absolute Gasteiger partial charge is 0.478 e. The quantitative estimate of drug-likeness (QED) is 0.650. The van der Waals surface area contributed by atoms with Crippen LogP contribution in [0.3, 0.4) is 0 Å². The Bertz CT molecular complexity index is 538. The fraction of sp³-hybridized carbons (Fsp3) is 0.538. The summed E-state index contributed by atoms with van der Waals surface area (Å²) in [5, 5.41) is 12.3. The molecule has 0 atom stereocenters. The third-order valence-corrected chi connectivity index (χ3v) is 3.21. The van der Waals surface area contributed by atoms with E-state index in [-0.39, 0.29) is 22.8 Å². The summed E-state index contributed by atoms with van der Waals surface area (Å²) in [6.07, 6.45) is 0. The monoisotopic (exact) mass is 297 g/mol. The number of aryl methyl sites for hydroxylation is 2. The summed E-state index contributed by atoms with van der Waals surface area (Å²) in [6, 6.07) is 0. The second-order valence-electron chi connectivity index (χ2n) is 5.43. The van der Waals surface area contributed by atoms with Crippen LogP contribution in [0.5, 0.6) is 0 Å². The van der Waals surface area contributed by atoms with Gasteiger partial charge in [-0.2, -0.15) is 0 Å². The first-order valence-corrected chi connectivity index (χ1v) is 7.11. The van der Waals surface area contributed by atoms with Crippen LogP contribution in [-0.4, -0.2) is 38.2 Å². The first-order valence-electron chi connectivity index (χ1n) is 6.12. The van der Waals surface area contributed by atoms with Crippen LogP contribution in [0, 0.1) is 13.8 Å². The lowest BCUT2D eigenvalue weighted by atomic mass is 10.1. The molecule has 1 aromatic rings. The minimum Gasteiger partial charge on any atom is -0.478 e. The molecule has 2 N–H and O–H groups in total. The van der Waals surface area contributed by atoms with E-state index in [9.17, 15) is 14.7 Å².